The Balaban J connectivity index is 3.54. The molecule has 0 heterocycles. The number of hydrogen-bond acceptors (Lipinski definition) is 5. The van der Waals surface area contributed by atoms with Gasteiger partial charge in [0.1, 0.15) is 0 Å². The molecule has 0 aliphatic heterocycles. The van der Waals surface area contributed by atoms with Crippen LogP contribution in [-0.4, -0.2) is 22.6 Å². The number of nitrogens with zero attached hydrogens (tertiary/aromatic N) is 1. The Bertz CT molecular complexity index is 472. The summed E-state index contributed by atoms with van der Waals surface area (Å²) in [6.07, 6.45) is 0. The summed E-state index contributed by atoms with van der Waals surface area (Å²) < 4.78 is 39.6. The molecule has 1 unspecified atom stereocenters. The fraction of sp³-hybridized carbons (Fsp3) is 0.882. The summed E-state index contributed by atoms with van der Waals surface area (Å²) in [5, 5.41) is 0. The molecule has 0 fully saturated rings. The van der Waals surface area contributed by atoms with Crippen molar-refractivity contribution in [2.24, 2.45) is 10.8 Å². The van der Waals surface area contributed by atoms with Crippen LogP contribution in [0.15, 0.2) is 11.3 Å². The van der Waals surface area contributed by atoms with E-state index in [1.807, 2.05) is 41.5 Å². The van der Waals surface area contributed by atoms with Gasteiger partial charge in [-0.3, -0.25) is 0 Å². The molecule has 1 aliphatic carbocycles. The third kappa shape index (κ3) is 3.85. The molecule has 23 heavy (non-hydrogen) atoms. The van der Waals surface area contributed by atoms with Gasteiger partial charge < -0.3 is 4.90 Å². The van der Waals surface area contributed by atoms with Gasteiger partial charge in [0.25, 0.3) is 5.60 Å². The van der Waals surface area contributed by atoms with Gasteiger partial charge >= 0.3 is 0 Å². The van der Waals surface area contributed by atoms with Gasteiger partial charge in [-0.2, -0.15) is 14.0 Å². The molecule has 0 saturated carbocycles. The molecular weight excluding hydrogens is 318 g/mol. The molecule has 1 atom stereocenters. The molecule has 0 N–H and O–H groups in total. The maximum Gasteiger partial charge on any atom is 0.291 e. The van der Waals surface area contributed by atoms with Gasteiger partial charge in [-0.25, -0.2) is 0 Å². The van der Waals surface area contributed by atoms with Gasteiger partial charge in [0.15, 0.2) is 0 Å². The van der Waals surface area contributed by atoms with Crippen LogP contribution in [0.4, 0.5) is 0 Å². The van der Waals surface area contributed by atoms with Gasteiger partial charge in [0.2, 0.25) is 0 Å². The van der Waals surface area contributed by atoms with Crippen molar-refractivity contribution in [3.63, 3.8) is 0 Å². The number of rotatable bonds is 5. The van der Waals surface area contributed by atoms with Crippen LogP contribution in [0.25, 0.3) is 0 Å². The Hall–Kier alpha value is -0.330. The quantitative estimate of drug-likeness (QED) is 0.742. The maximum absolute atomic E-state index is 11.5. The average molecular weight is 350 g/mol. The van der Waals surface area contributed by atoms with Crippen LogP contribution in [0, 0.1) is 21.1 Å². The van der Waals surface area contributed by atoms with Crippen molar-refractivity contribution in [3.8, 4) is 0 Å². The summed E-state index contributed by atoms with van der Waals surface area (Å²) in [5.74, 6) is 0. The normalized spacial score (nSPS) is 23.1. The Labute approximate surface area is 143 Å². The minimum absolute atomic E-state index is 0.168. The van der Waals surface area contributed by atoms with E-state index in [0.29, 0.717) is 0 Å². The summed E-state index contributed by atoms with van der Waals surface area (Å²) >= 11 is 0. The van der Waals surface area contributed by atoms with Gasteiger partial charge in [0.05, 0.1) is 20.2 Å². The molecule has 0 spiro atoms. The van der Waals surface area contributed by atoms with Crippen molar-refractivity contribution in [2.75, 3.05) is 0 Å². The van der Waals surface area contributed by atoms with E-state index in [-0.39, 0.29) is 17.5 Å². The lowest BCUT2D eigenvalue weighted by molar-refractivity contribution is -1.92. The van der Waals surface area contributed by atoms with E-state index in [4.69, 9.17) is 4.29 Å². The van der Waals surface area contributed by atoms with E-state index in [1.165, 1.54) is 0 Å². The van der Waals surface area contributed by atoms with Crippen molar-refractivity contribution >= 4 is 0 Å². The van der Waals surface area contributed by atoms with Gasteiger partial charge in [-0.05, 0) is 33.1 Å². The molecule has 0 amide bonds. The lowest BCUT2D eigenvalue weighted by atomic mass is 9.77. The van der Waals surface area contributed by atoms with Gasteiger partial charge in [0, 0.05) is 23.1 Å². The topological polar surface area (TPSA) is 81.7 Å². The van der Waals surface area contributed by atoms with Crippen molar-refractivity contribution in [1.82, 2.24) is 4.90 Å². The predicted molar refractivity (Wildman–Crippen MR) is 81.9 cm³/mol. The third-order valence-corrected chi connectivity index (χ3v) is 4.67. The lowest BCUT2D eigenvalue weighted by Gasteiger charge is -2.37. The summed E-state index contributed by atoms with van der Waals surface area (Å²) in [5.41, 5.74) is -0.300. The van der Waals surface area contributed by atoms with Crippen molar-refractivity contribution in [1.29, 1.82) is 0 Å². The first-order chi connectivity index (χ1) is 9.97. The number of hydrogen-bond donors (Lipinski definition) is 0. The van der Waals surface area contributed by atoms with Crippen LogP contribution < -0.4 is 14.0 Å². The standard InChI is InChI=1S/C17H32ClNO4/c1-11(2)19(12(3)4)14-13(15(5,6)7)17(14,16(8,9)10)23-18(20,21)22/h11-12H,1-10H3. The Morgan fingerprint density at radius 3 is 1.52 bits per heavy atom. The monoisotopic (exact) mass is 349 g/mol. The van der Waals surface area contributed by atoms with Crippen LogP contribution >= 0.6 is 0 Å². The zero-order valence-corrected chi connectivity index (χ0v) is 16.9. The fourth-order valence-electron chi connectivity index (χ4n) is 3.62. The number of halogens is 1. The van der Waals surface area contributed by atoms with Crippen molar-refractivity contribution in [3.05, 3.63) is 11.3 Å². The molecule has 6 heteroatoms. The highest BCUT2D eigenvalue weighted by molar-refractivity contribution is 5.57. The van der Waals surface area contributed by atoms with E-state index in [0.717, 1.165) is 11.3 Å². The first-order valence-electron chi connectivity index (χ1n) is 8.12. The van der Waals surface area contributed by atoms with Crippen molar-refractivity contribution < 1.29 is 28.5 Å². The average Bonchev–Trinajstić information content (AvgIpc) is 2.82. The largest absolute Gasteiger partial charge is 0.367 e. The second-order valence-electron chi connectivity index (χ2n) is 8.95. The molecule has 5 nitrogen and oxygen atoms in total. The molecule has 0 aromatic heterocycles. The molecule has 0 radical (unpaired) electrons. The molecule has 136 valence electrons. The third-order valence-electron chi connectivity index (χ3n) is 4.25. The highest BCUT2D eigenvalue weighted by Gasteiger charge is 2.76. The molecule has 0 saturated heterocycles. The van der Waals surface area contributed by atoms with Crippen LogP contribution in [0.1, 0.15) is 69.2 Å². The Morgan fingerprint density at radius 1 is 0.913 bits per heavy atom. The van der Waals surface area contributed by atoms with Gasteiger partial charge in [-0.1, -0.05) is 41.5 Å². The Kier molecular flexibility index (Phi) is 5.30. The molecular formula is C17H32ClNO4. The maximum atomic E-state index is 11.5. The molecule has 0 aromatic carbocycles. The van der Waals surface area contributed by atoms with E-state index in [2.05, 4.69) is 32.6 Å². The zero-order valence-electron chi connectivity index (χ0n) is 16.1. The summed E-state index contributed by atoms with van der Waals surface area (Å²) in [6, 6.07) is 0.336. The second kappa shape index (κ2) is 5.88. The zero-order chi connectivity index (χ0) is 18.6. The molecule has 1 aliphatic rings. The van der Waals surface area contributed by atoms with Crippen molar-refractivity contribution in [2.45, 2.75) is 86.9 Å². The first kappa shape index (κ1) is 20.7. The Morgan fingerprint density at radius 2 is 1.30 bits per heavy atom. The van der Waals surface area contributed by atoms with Gasteiger partial charge in [-0.15, -0.1) is 0 Å². The SMILES string of the molecule is CC(C)N(C1=C(C(C)(C)C)C1(O[Cl+3]([O-])([O-])[O-])C(C)(C)C)C(C)C. The highest BCUT2D eigenvalue weighted by Crippen LogP contribution is 2.65. The van der Waals surface area contributed by atoms with E-state index < -0.39 is 21.3 Å². The fourth-order valence-corrected chi connectivity index (χ4v) is 4.29. The second-order valence-corrected chi connectivity index (χ2v) is 9.86. The molecule has 1 rings (SSSR count). The lowest BCUT2D eigenvalue weighted by Crippen LogP contribution is -2.65. The minimum Gasteiger partial charge on any atom is -0.367 e. The molecule has 0 bridgehead atoms. The molecule has 0 aromatic rings. The van der Waals surface area contributed by atoms with Crippen LogP contribution in [-0.2, 0) is 4.29 Å². The smallest absolute Gasteiger partial charge is 0.291 e. The summed E-state index contributed by atoms with van der Waals surface area (Å²) in [6.45, 7) is 20.0. The van der Waals surface area contributed by atoms with Crippen LogP contribution in [0.2, 0.25) is 0 Å². The van der Waals surface area contributed by atoms with E-state index in [9.17, 15) is 14.0 Å². The summed E-state index contributed by atoms with van der Waals surface area (Å²) in [7, 11) is -4.53. The van der Waals surface area contributed by atoms with Crippen LogP contribution in [0.5, 0.6) is 0 Å². The highest BCUT2D eigenvalue weighted by atomic mass is 35.7. The van der Waals surface area contributed by atoms with Crippen LogP contribution in [0.3, 0.4) is 0 Å². The first-order valence-corrected chi connectivity index (χ1v) is 9.36. The van der Waals surface area contributed by atoms with E-state index in [1.54, 1.807) is 0 Å². The predicted octanol–water partition coefficient (Wildman–Crippen LogP) is 1.12. The van der Waals surface area contributed by atoms with E-state index >= 15 is 0 Å². The summed E-state index contributed by atoms with van der Waals surface area (Å²) in [4.78, 5) is 2.16. The minimum atomic E-state index is -4.53.